The average molecular weight is 257 g/mol. The monoisotopic (exact) mass is 257 g/mol. The third-order valence-corrected chi connectivity index (χ3v) is 3.59. The number of halogens is 1. The third-order valence-electron chi connectivity index (χ3n) is 3.59. The lowest BCUT2D eigenvalue weighted by molar-refractivity contribution is 0.356. The molecule has 0 bridgehead atoms. The van der Waals surface area contributed by atoms with Crippen LogP contribution in [0.15, 0.2) is 18.2 Å². The first-order valence-electron chi connectivity index (χ1n) is 6.54. The van der Waals surface area contributed by atoms with Crippen molar-refractivity contribution in [2.45, 2.75) is 44.1 Å². The molecule has 1 aliphatic carbocycles. The molecule has 0 aromatic heterocycles. The van der Waals surface area contributed by atoms with Gasteiger partial charge in [0.2, 0.25) is 0 Å². The zero-order valence-corrected chi connectivity index (χ0v) is 10.7. The van der Waals surface area contributed by atoms with E-state index in [4.69, 9.17) is 10.5 Å². The molecule has 1 aromatic carbocycles. The number of unbranched alkanes of at least 4 members (excludes halogenated alkanes) is 1. The van der Waals surface area contributed by atoms with Gasteiger partial charge < -0.3 is 5.32 Å². The van der Waals surface area contributed by atoms with E-state index in [1.165, 1.54) is 6.07 Å². The van der Waals surface area contributed by atoms with Crippen LogP contribution in [0.2, 0.25) is 0 Å². The Morgan fingerprint density at radius 1 is 1.32 bits per heavy atom. The summed E-state index contributed by atoms with van der Waals surface area (Å²) in [5.74, 6) is -0.268. The van der Waals surface area contributed by atoms with Crippen LogP contribution in [0, 0.1) is 28.5 Å². The lowest BCUT2D eigenvalue weighted by Gasteiger charge is -2.36. The Hall–Kier alpha value is -2.07. The first kappa shape index (κ1) is 13.4. The maximum Gasteiger partial charge on any atom is 0.128 e. The number of aryl methyl sites for hydroxylation is 1. The largest absolute Gasteiger partial charge is 0.367 e. The Kier molecular flexibility index (Phi) is 4.02. The van der Waals surface area contributed by atoms with E-state index in [2.05, 4.69) is 17.5 Å². The van der Waals surface area contributed by atoms with Crippen molar-refractivity contribution in [3.8, 4) is 12.1 Å². The quantitative estimate of drug-likeness (QED) is 0.821. The number of anilines is 1. The summed E-state index contributed by atoms with van der Waals surface area (Å²) in [6, 6.07) is 9.31. The van der Waals surface area contributed by atoms with Gasteiger partial charge in [-0.1, -0.05) is 6.07 Å². The molecule has 1 N–H and O–H groups in total. The first-order valence-corrected chi connectivity index (χ1v) is 6.54. The van der Waals surface area contributed by atoms with Crippen molar-refractivity contribution in [3.63, 3.8) is 0 Å². The molecule has 0 spiro atoms. The summed E-state index contributed by atoms with van der Waals surface area (Å²) in [5.41, 5.74) is 0.776. The van der Waals surface area contributed by atoms with Gasteiger partial charge >= 0.3 is 0 Å². The normalized spacial score (nSPS) is 15.9. The van der Waals surface area contributed by atoms with E-state index in [0.717, 1.165) is 19.3 Å². The topological polar surface area (TPSA) is 59.6 Å². The minimum absolute atomic E-state index is 0.268. The Bertz CT molecular complexity index is 535. The summed E-state index contributed by atoms with van der Waals surface area (Å²) in [5, 5.41) is 20.7. The summed E-state index contributed by atoms with van der Waals surface area (Å²) >= 11 is 0. The molecule has 0 unspecified atom stereocenters. The van der Waals surface area contributed by atoms with Gasteiger partial charge in [0.1, 0.15) is 11.4 Å². The van der Waals surface area contributed by atoms with Crippen molar-refractivity contribution in [2.75, 3.05) is 5.32 Å². The summed E-state index contributed by atoms with van der Waals surface area (Å²) in [4.78, 5) is 0. The number of nitrogens with one attached hydrogen (secondary N) is 1. The number of nitrogens with zero attached hydrogens (tertiary/aromatic N) is 2. The minimum Gasteiger partial charge on any atom is -0.367 e. The summed E-state index contributed by atoms with van der Waals surface area (Å²) in [6.07, 6.45) is 4.35. The van der Waals surface area contributed by atoms with Gasteiger partial charge in [0.15, 0.2) is 0 Å². The van der Waals surface area contributed by atoms with Crippen LogP contribution in [0.3, 0.4) is 0 Å². The van der Waals surface area contributed by atoms with Gasteiger partial charge in [-0.3, -0.25) is 0 Å². The lowest BCUT2D eigenvalue weighted by atomic mass is 9.78. The Morgan fingerprint density at radius 3 is 2.63 bits per heavy atom. The summed E-state index contributed by atoms with van der Waals surface area (Å²) < 4.78 is 13.9. The fourth-order valence-corrected chi connectivity index (χ4v) is 2.26. The first-order chi connectivity index (χ1) is 9.19. The van der Waals surface area contributed by atoms with Crippen molar-refractivity contribution >= 4 is 5.69 Å². The molecule has 1 fully saturated rings. The fourth-order valence-electron chi connectivity index (χ4n) is 2.26. The van der Waals surface area contributed by atoms with E-state index in [-0.39, 0.29) is 5.82 Å². The molecule has 2 rings (SSSR count). The highest BCUT2D eigenvalue weighted by molar-refractivity contribution is 5.50. The number of rotatable bonds is 5. The van der Waals surface area contributed by atoms with Crippen molar-refractivity contribution in [1.29, 1.82) is 10.5 Å². The number of benzene rings is 1. The second-order valence-electron chi connectivity index (χ2n) is 4.99. The van der Waals surface area contributed by atoms with Gasteiger partial charge in [-0.05, 0) is 49.8 Å². The molecule has 0 atom stereocenters. The molecule has 98 valence electrons. The molecule has 0 radical (unpaired) electrons. The predicted molar refractivity (Wildman–Crippen MR) is 70.8 cm³/mol. The van der Waals surface area contributed by atoms with E-state index in [0.29, 0.717) is 30.5 Å². The molecular weight excluding hydrogens is 241 g/mol. The van der Waals surface area contributed by atoms with E-state index < -0.39 is 5.54 Å². The van der Waals surface area contributed by atoms with Gasteiger partial charge in [0.05, 0.1) is 12.1 Å². The second-order valence-corrected chi connectivity index (χ2v) is 4.99. The van der Waals surface area contributed by atoms with Crippen LogP contribution in [0.5, 0.6) is 0 Å². The molecule has 0 aliphatic heterocycles. The van der Waals surface area contributed by atoms with E-state index in [9.17, 15) is 4.39 Å². The SMILES string of the molecule is N#CCCCc1ccc(NC2(C#N)CCC2)cc1F. The molecule has 1 aromatic rings. The van der Waals surface area contributed by atoms with Crippen LogP contribution in [0.4, 0.5) is 10.1 Å². The van der Waals surface area contributed by atoms with E-state index >= 15 is 0 Å². The number of hydrogen-bond donors (Lipinski definition) is 1. The lowest BCUT2D eigenvalue weighted by Crippen LogP contribution is -2.43. The van der Waals surface area contributed by atoms with Crippen LogP contribution in [0.25, 0.3) is 0 Å². The third kappa shape index (κ3) is 3.03. The summed E-state index contributed by atoms with van der Waals surface area (Å²) in [7, 11) is 0. The van der Waals surface area contributed by atoms with Gasteiger partial charge in [-0.15, -0.1) is 0 Å². The molecule has 1 aliphatic rings. The van der Waals surface area contributed by atoms with Crippen LogP contribution >= 0.6 is 0 Å². The van der Waals surface area contributed by atoms with E-state index in [1.54, 1.807) is 6.07 Å². The average Bonchev–Trinajstić information content (AvgIpc) is 2.36. The van der Waals surface area contributed by atoms with Crippen molar-refractivity contribution in [1.82, 2.24) is 0 Å². The van der Waals surface area contributed by atoms with Crippen LogP contribution in [-0.4, -0.2) is 5.54 Å². The maximum absolute atomic E-state index is 13.9. The molecule has 0 saturated heterocycles. The zero-order valence-electron chi connectivity index (χ0n) is 10.7. The van der Waals surface area contributed by atoms with Gasteiger partial charge in [-0.2, -0.15) is 10.5 Å². The van der Waals surface area contributed by atoms with Gasteiger partial charge in [0, 0.05) is 12.1 Å². The standard InChI is InChI=1S/C15H16FN3/c16-14-10-13(19-15(11-18)7-3-8-15)6-5-12(14)4-1-2-9-17/h5-6,10,19H,1-4,7-8H2. The van der Waals surface area contributed by atoms with Crippen molar-refractivity contribution in [3.05, 3.63) is 29.6 Å². The van der Waals surface area contributed by atoms with Gasteiger partial charge in [0.25, 0.3) is 0 Å². The zero-order chi connectivity index (χ0) is 13.7. The molecule has 0 amide bonds. The van der Waals surface area contributed by atoms with Gasteiger partial charge in [-0.25, -0.2) is 4.39 Å². The Labute approximate surface area is 112 Å². The highest BCUT2D eigenvalue weighted by atomic mass is 19.1. The molecule has 19 heavy (non-hydrogen) atoms. The smallest absolute Gasteiger partial charge is 0.128 e. The maximum atomic E-state index is 13.9. The Morgan fingerprint density at radius 2 is 2.11 bits per heavy atom. The second kappa shape index (κ2) is 5.71. The molecule has 1 saturated carbocycles. The van der Waals surface area contributed by atoms with Crippen LogP contribution in [-0.2, 0) is 6.42 Å². The predicted octanol–water partition coefficient (Wildman–Crippen LogP) is 3.53. The van der Waals surface area contributed by atoms with Crippen molar-refractivity contribution < 1.29 is 4.39 Å². The molecule has 0 heterocycles. The molecule has 3 nitrogen and oxygen atoms in total. The number of nitriles is 2. The van der Waals surface area contributed by atoms with Crippen LogP contribution in [0.1, 0.15) is 37.7 Å². The highest BCUT2D eigenvalue weighted by Crippen LogP contribution is 2.34. The Balaban J connectivity index is 2.03. The van der Waals surface area contributed by atoms with E-state index in [1.807, 2.05) is 6.07 Å². The van der Waals surface area contributed by atoms with Crippen LogP contribution < -0.4 is 5.32 Å². The van der Waals surface area contributed by atoms with Crippen molar-refractivity contribution in [2.24, 2.45) is 0 Å². The fraction of sp³-hybridized carbons (Fsp3) is 0.467. The highest BCUT2D eigenvalue weighted by Gasteiger charge is 2.37. The summed E-state index contributed by atoms with van der Waals surface area (Å²) in [6.45, 7) is 0. The minimum atomic E-state index is -0.505. The molecule has 4 heteroatoms. The number of hydrogen-bond acceptors (Lipinski definition) is 3. The molecular formula is C15H16FN3.